The average Bonchev–Trinajstić information content (AvgIpc) is 2.52. The van der Waals surface area contributed by atoms with Gasteiger partial charge in [0.25, 0.3) is 0 Å². The van der Waals surface area contributed by atoms with Crippen molar-refractivity contribution < 1.29 is 0 Å². The van der Waals surface area contributed by atoms with E-state index in [0.717, 1.165) is 34.7 Å². The summed E-state index contributed by atoms with van der Waals surface area (Å²) in [4.78, 5) is 0. The molecule has 1 N–H and O–H groups in total. The fourth-order valence-corrected chi connectivity index (χ4v) is 2.64. The normalized spacial score (nSPS) is 11.9. The molecule has 1 unspecified atom stereocenters. The molecular weight excluding hydrogens is 278 g/mol. The third-order valence-corrected chi connectivity index (χ3v) is 3.93. The van der Waals surface area contributed by atoms with Crippen molar-refractivity contribution in [3.8, 4) is 0 Å². The highest BCUT2D eigenvalue weighted by molar-refractivity contribution is 6.32. The van der Waals surface area contributed by atoms with Crippen molar-refractivity contribution in [2.45, 2.75) is 32.2 Å². The van der Waals surface area contributed by atoms with Crippen LogP contribution in [0.3, 0.4) is 0 Å². The Kier molecular flexibility index (Phi) is 5.89. The van der Waals surface area contributed by atoms with Crippen molar-refractivity contribution in [2.75, 3.05) is 5.32 Å². The third-order valence-electron chi connectivity index (χ3n) is 3.60. The molecule has 0 aliphatic carbocycles. The van der Waals surface area contributed by atoms with E-state index in [1.807, 2.05) is 42.5 Å². The van der Waals surface area contributed by atoms with Crippen molar-refractivity contribution in [1.29, 1.82) is 0 Å². The van der Waals surface area contributed by atoms with Crippen LogP contribution in [0.25, 0.3) is 5.57 Å². The third kappa shape index (κ3) is 4.37. The molecule has 0 amide bonds. The first-order valence-electron chi connectivity index (χ1n) is 7.47. The summed E-state index contributed by atoms with van der Waals surface area (Å²) in [6, 6.07) is 18.4. The van der Waals surface area contributed by atoms with E-state index < -0.39 is 0 Å². The van der Waals surface area contributed by atoms with Crippen LogP contribution in [-0.2, 0) is 0 Å². The average molecular weight is 300 g/mol. The fraction of sp³-hybridized carbons (Fsp3) is 0.263. The highest BCUT2D eigenvalue weighted by Gasteiger charge is 2.15. The highest BCUT2D eigenvalue weighted by atomic mass is 35.5. The first-order chi connectivity index (χ1) is 10.2. The Morgan fingerprint density at radius 1 is 1.10 bits per heavy atom. The quantitative estimate of drug-likeness (QED) is 0.658. The lowest BCUT2D eigenvalue weighted by atomic mass is 9.95. The molecular formula is C19H22ClN. The summed E-state index contributed by atoms with van der Waals surface area (Å²) >= 11 is 6.31. The number of rotatable bonds is 7. The van der Waals surface area contributed by atoms with Gasteiger partial charge in [-0.25, -0.2) is 0 Å². The van der Waals surface area contributed by atoms with Crippen LogP contribution in [0, 0.1) is 0 Å². The first kappa shape index (κ1) is 15.7. The zero-order valence-electron chi connectivity index (χ0n) is 12.5. The molecule has 2 heteroatoms. The van der Waals surface area contributed by atoms with E-state index in [1.54, 1.807) is 0 Å². The van der Waals surface area contributed by atoms with Crippen molar-refractivity contribution in [2.24, 2.45) is 0 Å². The van der Waals surface area contributed by atoms with E-state index in [1.165, 1.54) is 6.42 Å². The van der Waals surface area contributed by atoms with Gasteiger partial charge in [-0.3, -0.25) is 0 Å². The van der Waals surface area contributed by atoms with Crippen LogP contribution in [-0.4, -0.2) is 6.04 Å². The number of hydrogen-bond acceptors (Lipinski definition) is 1. The summed E-state index contributed by atoms with van der Waals surface area (Å²) in [5.41, 5.74) is 3.20. The maximum Gasteiger partial charge on any atom is 0.0514 e. The maximum absolute atomic E-state index is 6.31. The Balaban J connectivity index is 2.19. The molecule has 1 nitrogen and oxygen atoms in total. The first-order valence-corrected chi connectivity index (χ1v) is 7.85. The Bertz CT molecular complexity index is 577. The highest BCUT2D eigenvalue weighted by Crippen LogP contribution is 2.28. The minimum atomic E-state index is 0.201. The van der Waals surface area contributed by atoms with Gasteiger partial charge < -0.3 is 5.32 Å². The number of nitrogens with one attached hydrogen (secondary N) is 1. The van der Waals surface area contributed by atoms with Crippen LogP contribution in [0.4, 0.5) is 5.69 Å². The molecule has 0 aromatic heterocycles. The van der Waals surface area contributed by atoms with Crippen molar-refractivity contribution >= 4 is 22.9 Å². The molecule has 1 atom stereocenters. The number of halogens is 1. The molecule has 0 aliphatic heterocycles. The monoisotopic (exact) mass is 299 g/mol. The lowest BCUT2D eigenvalue weighted by molar-refractivity contribution is 0.690. The van der Waals surface area contributed by atoms with Gasteiger partial charge in [0.15, 0.2) is 0 Å². The van der Waals surface area contributed by atoms with E-state index in [9.17, 15) is 0 Å². The zero-order chi connectivity index (χ0) is 15.1. The minimum absolute atomic E-state index is 0.201. The lowest BCUT2D eigenvalue weighted by Crippen LogP contribution is -2.21. The molecule has 2 aromatic rings. The van der Waals surface area contributed by atoms with E-state index in [0.29, 0.717) is 0 Å². The Hall–Kier alpha value is -1.73. The number of para-hydroxylation sites is 1. The number of unbranched alkanes of at least 4 members (excludes halogenated alkanes) is 1. The second-order valence-electron chi connectivity index (χ2n) is 5.21. The van der Waals surface area contributed by atoms with Crippen molar-refractivity contribution in [3.63, 3.8) is 0 Å². The van der Waals surface area contributed by atoms with Crippen LogP contribution < -0.4 is 5.32 Å². The number of hydrogen-bond donors (Lipinski definition) is 1. The van der Waals surface area contributed by atoms with Gasteiger partial charge in [-0.15, -0.1) is 0 Å². The van der Waals surface area contributed by atoms with Crippen LogP contribution in [0.5, 0.6) is 0 Å². The van der Waals surface area contributed by atoms with Crippen LogP contribution in [0.1, 0.15) is 31.7 Å². The van der Waals surface area contributed by atoms with Crippen LogP contribution in [0.15, 0.2) is 61.2 Å². The summed E-state index contributed by atoms with van der Waals surface area (Å²) in [7, 11) is 0. The molecule has 0 saturated carbocycles. The van der Waals surface area contributed by atoms with Gasteiger partial charge >= 0.3 is 0 Å². The van der Waals surface area contributed by atoms with Gasteiger partial charge in [0.05, 0.1) is 6.04 Å². The van der Waals surface area contributed by atoms with Gasteiger partial charge in [-0.05, 0) is 35.8 Å². The largest absolute Gasteiger partial charge is 0.378 e. The van der Waals surface area contributed by atoms with Gasteiger partial charge in [-0.2, -0.15) is 0 Å². The van der Waals surface area contributed by atoms with Crippen molar-refractivity contribution in [3.05, 3.63) is 71.8 Å². The summed E-state index contributed by atoms with van der Waals surface area (Å²) in [5.74, 6) is 0. The molecule has 2 aromatic carbocycles. The van der Waals surface area contributed by atoms with E-state index >= 15 is 0 Å². The zero-order valence-corrected chi connectivity index (χ0v) is 13.2. The summed E-state index contributed by atoms with van der Waals surface area (Å²) in [6.45, 7) is 6.49. The van der Waals surface area contributed by atoms with Crippen LogP contribution >= 0.6 is 11.6 Å². The molecule has 110 valence electrons. The van der Waals surface area contributed by atoms with Gasteiger partial charge in [0.1, 0.15) is 0 Å². The van der Waals surface area contributed by atoms with E-state index in [2.05, 4.69) is 31.0 Å². The fourth-order valence-electron chi connectivity index (χ4n) is 2.39. The molecule has 0 heterocycles. The Morgan fingerprint density at radius 3 is 2.43 bits per heavy atom. The van der Waals surface area contributed by atoms with E-state index in [-0.39, 0.29) is 6.04 Å². The minimum Gasteiger partial charge on any atom is -0.378 e. The van der Waals surface area contributed by atoms with Gasteiger partial charge in [-0.1, -0.05) is 74.3 Å². The molecule has 0 radical (unpaired) electrons. The predicted octanol–water partition coefficient (Wildman–Crippen LogP) is 6.02. The molecule has 0 aliphatic rings. The Labute approximate surface area is 132 Å². The lowest BCUT2D eigenvalue weighted by Gasteiger charge is -2.23. The summed E-state index contributed by atoms with van der Waals surface area (Å²) in [6.07, 6.45) is 3.38. The SMILES string of the molecule is C=C(c1ccccc1Cl)C(CCCC)Nc1ccccc1. The Morgan fingerprint density at radius 2 is 1.76 bits per heavy atom. The molecule has 0 saturated heterocycles. The smallest absolute Gasteiger partial charge is 0.0514 e. The molecule has 21 heavy (non-hydrogen) atoms. The standard InChI is InChI=1S/C19H22ClN/c1-3-4-14-19(21-16-10-6-5-7-11-16)15(2)17-12-8-9-13-18(17)20/h5-13,19,21H,2-4,14H2,1H3. The predicted molar refractivity (Wildman–Crippen MR) is 93.9 cm³/mol. The van der Waals surface area contributed by atoms with E-state index in [4.69, 9.17) is 11.6 Å². The topological polar surface area (TPSA) is 12.0 Å². The number of anilines is 1. The summed E-state index contributed by atoms with van der Waals surface area (Å²) < 4.78 is 0. The number of benzene rings is 2. The van der Waals surface area contributed by atoms with Crippen molar-refractivity contribution in [1.82, 2.24) is 0 Å². The molecule has 0 fully saturated rings. The maximum atomic E-state index is 6.31. The van der Waals surface area contributed by atoms with Crippen LogP contribution in [0.2, 0.25) is 5.02 Å². The molecule has 0 spiro atoms. The van der Waals surface area contributed by atoms with Gasteiger partial charge in [0.2, 0.25) is 0 Å². The second kappa shape index (κ2) is 7.90. The summed E-state index contributed by atoms with van der Waals surface area (Å²) in [5, 5.41) is 4.34. The molecule has 0 bridgehead atoms. The molecule has 2 rings (SSSR count). The second-order valence-corrected chi connectivity index (χ2v) is 5.62. The van der Waals surface area contributed by atoms with Gasteiger partial charge in [0, 0.05) is 10.7 Å².